The summed E-state index contributed by atoms with van der Waals surface area (Å²) in [6, 6.07) is 45.7. The average Bonchev–Trinajstić information content (AvgIpc) is 3.42. The summed E-state index contributed by atoms with van der Waals surface area (Å²) < 4.78 is 12.6. The summed E-state index contributed by atoms with van der Waals surface area (Å²) in [4.78, 5) is 4.80. The van der Waals surface area contributed by atoms with E-state index >= 15 is 0 Å². The Balaban J connectivity index is 1.39. The highest BCUT2D eigenvalue weighted by Gasteiger charge is 2.37. The van der Waals surface area contributed by atoms with Crippen LogP contribution in [0.5, 0.6) is 0 Å². The van der Waals surface area contributed by atoms with Gasteiger partial charge in [0.1, 0.15) is 11.1 Å². The van der Waals surface area contributed by atoms with Crippen molar-refractivity contribution in [3.8, 4) is 11.5 Å². The van der Waals surface area contributed by atoms with Crippen LogP contribution < -0.4 is 5.32 Å². The largest absolute Gasteiger partial charge is 0.436 e. The van der Waals surface area contributed by atoms with Gasteiger partial charge in [0.25, 0.3) is 0 Å². The van der Waals surface area contributed by atoms with E-state index in [1.165, 1.54) is 0 Å². The minimum Gasteiger partial charge on any atom is -0.436 e. The number of fused-ring (bicyclic) bond motifs is 1. The minimum absolute atomic E-state index is 0.265. The third kappa shape index (κ3) is 6.02. The molecule has 0 bridgehead atoms. The molecule has 0 amide bonds. The van der Waals surface area contributed by atoms with Gasteiger partial charge in [0.2, 0.25) is 5.89 Å². The van der Waals surface area contributed by atoms with Gasteiger partial charge < -0.3 is 19.6 Å². The van der Waals surface area contributed by atoms with Crippen LogP contribution in [-0.2, 0) is 16.9 Å². The molecule has 0 radical (unpaired) electrons. The van der Waals surface area contributed by atoms with Crippen LogP contribution >= 0.6 is 0 Å². The van der Waals surface area contributed by atoms with E-state index in [1.54, 1.807) is 0 Å². The molecule has 5 nitrogen and oxygen atoms in total. The number of anilines is 1. The first-order chi connectivity index (χ1) is 22.1. The molecule has 1 aromatic heterocycles. The highest BCUT2D eigenvalue weighted by molar-refractivity contribution is 5.77. The molecule has 5 aromatic carbocycles. The molecule has 1 aliphatic carbocycles. The number of hydrogen-bond acceptors (Lipinski definition) is 5. The molecule has 1 saturated carbocycles. The molecule has 45 heavy (non-hydrogen) atoms. The predicted octanol–water partition coefficient (Wildman–Crippen LogP) is 9.46. The Kier molecular flexibility index (Phi) is 8.21. The highest BCUT2D eigenvalue weighted by Crippen LogP contribution is 2.42. The maximum Gasteiger partial charge on any atom is 0.227 e. The summed E-state index contributed by atoms with van der Waals surface area (Å²) in [6.45, 7) is 0.265. The van der Waals surface area contributed by atoms with Crippen molar-refractivity contribution in [3.05, 3.63) is 156 Å². The van der Waals surface area contributed by atoms with Crippen LogP contribution in [-0.4, -0.2) is 15.9 Å². The van der Waals surface area contributed by atoms with Gasteiger partial charge in [0.15, 0.2) is 11.4 Å². The van der Waals surface area contributed by atoms with Crippen LogP contribution in [0.4, 0.5) is 5.69 Å². The maximum absolute atomic E-state index is 11.4. The number of rotatable bonds is 9. The number of nitrogens with one attached hydrogen (secondary N) is 1. The zero-order valence-electron chi connectivity index (χ0n) is 25.4. The first-order valence-corrected chi connectivity index (χ1v) is 15.9. The molecule has 7 rings (SSSR count). The molecule has 226 valence electrons. The number of nitrogens with zero attached hydrogens (tertiary/aromatic N) is 1. The van der Waals surface area contributed by atoms with Gasteiger partial charge in [-0.15, -0.1) is 0 Å². The van der Waals surface area contributed by atoms with Crippen molar-refractivity contribution in [2.45, 2.75) is 56.5 Å². The fourth-order valence-electron chi connectivity index (χ4n) is 6.57. The van der Waals surface area contributed by atoms with Crippen LogP contribution in [0.1, 0.15) is 60.8 Å². The van der Waals surface area contributed by atoms with E-state index in [0.29, 0.717) is 18.7 Å². The quantitative estimate of drug-likeness (QED) is 0.0991. The lowest BCUT2D eigenvalue weighted by atomic mass is 9.76. The standard InChI is InChI=1S/C40H38N2O3/c43-39(26-14-1-2-15-27-39)44-29-31-25-24-30(38-41-35-22-12-13-23-37(35)45-38)28-36(31)42-40(32-16-6-3-7-17-32,33-18-8-4-9-19-33)34-20-10-5-11-21-34/h3-13,16-25,28,42-43H,1-2,14-15,26-27,29H2. The van der Waals surface area contributed by atoms with Crippen molar-refractivity contribution in [1.29, 1.82) is 0 Å². The van der Waals surface area contributed by atoms with Crippen molar-refractivity contribution < 1.29 is 14.3 Å². The van der Waals surface area contributed by atoms with Gasteiger partial charge in [0, 0.05) is 29.7 Å². The Morgan fingerprint density at radius 2 is 1.24 bits per heavy atom. The van der Waals surface area contributed by atoms with Gasteiger partial charge in [-0.3, -0.25) is 0 Å². The van der Waals surface area contributed by atoms with Crippen molar-refractivity contribution >= 4 is 16.8 Å². The SMILES string of the molecule is OC1(OCc2ccc(-c3nc4ccccc4o3)cc2NC(c2ccccc2)(c2ccccc2)c2ccccc2)CCCCCC1. The predicted molar refractivity (Wildman–Crippen MR) is 180 cm³/mol. The van der Waals surface area contributed by atoms with E-state index in [4.69, 9.17) is 14.1 Å². The first kappa shape index (κ1) is 29.0. The Labute approximate surface area is 264 Å². The van der Waals surface area contributed by atoms with Gasteiger partial charge in [0.05, 0.1) is 6.61 Å². The first-order valence-electron chi connectivity index (χ1n) is 15.9. The number of oxazole rings is 1. The number of benzene rings is 5. The Morgan fingerprint density at radius 3 is 1.82 bits per heavy atom. The fraction of sp³-hybridized carbons (Fsp3) is 0.225. The summed E-state index contributed by atoms with van der Waals surface area (Å²) in [7, 11) is 0. The monoisotopic (exact) mass is 594 g/mol. The molecule has 0 spiro atoms. The molecule has 0 saturated heterocycles. The number of aromatic nitrogens is 1. The molecule has 6 aromatic rings. The summed E-state index contributed by atoms with van der Waals surface area (Å²) in [5, 5.41) is 15.5. The lowest BCUT2D eigenvalue weighted by Crippen LogP contribution is -2.38. The van der Waals surface area contributed by atoms with E-state index in [0.717, 1.165) is 70.3 Å². The molecular weight excluding hydrogens is 556 g/mol. The molecule has 1 aliphatic rings. The summed E-state index contributed by atoms with van der Waals surface area (Å²) in [5.41, 5.74) is 6.81. The number of ether oxygens (including phenoxy) is 1. The van der Waals surface area contributed by atoms with Gasteiger partial charge in [-0.2, -0.15) is 0 Å². The second kappa shape index (κ2) is 12.7. The maximum atomic E-state index is 11.4. The fourth-order valence-corrected chi connectivity index (χ4v) is 6.57. The van der Waals surface area contributed by atoms with Gasteiger partial charge in [-0.1, -0.05) is 122 Å². The van der Waals surface area contributed by atoms with Crippen LogP contribution in [0.15, 0.2) is 138 Å². The zero-order chi connectivity index (χ0) is 30.5. The van der Waals surface area contributed by atoms with E-state index in [-0.39, 0.29) is 6.61 Å². The third-order valence-electron chi connectivity index (χ3n) is 8.97. The lowest BCUT2D eigenvalue weighted by Gasteiger charge is -2.38. The topological polar surface area (TPSA) is 67.5 Å². The number of aliphatic hydroxyl groups is 1. The summed E-state index contributed by atoms with van der Waals surface area (Å²) >= 11 is 0. The summed E-state index contributed by atoms with van der Waals surface area (Å²) in [5.74, 6) is -0.568. The average molecular weight is 595 g/mol. The zero-order valence-corrected chi connectivity index (χ0v) is 25.4. The van der Waals surface area contributed by atoms with Crippen LogP contribution in [0.2, 0.25) is 0 Å². The van der Waals surface area contributed by atoms with Gasteiger partial charge in [-0.05, 0) is 53.8 Å². The molecule has 1 fully saturated rings. The van der Waals surface area contributed by atoms with Crippen LogP contribution in [0.25, 0.3) is 22.6 Å². The molecular formula is C40H38N2O3. The van der Waals surface area contributed by atoms with Gasteiger partial charge in [-0.25, -0.2) is 4.98 Å². The molecule has 0 aliphatic heterocycles. The number of para-hydroxylation sites is 2. The molecule has 5 heteroatoms. The molecule has 1 heterocycles. The van der Waals surface area contributed by atoms with Crippen LogP contribution in [0, 0.1) is 0 Å². The lowest BCUT2D eigenvalue weighted by molar-refractivity contribution is -0.217. The third-order valence-corrected chi connectivity index (χ3v) is 8.97. The Hall–Kier alpha value is -4.71. The smallest absolute Gasteiger partial charge is 0.227 e. The van der Waals surface area contributed by atoms with Gasteiger partial charge >= 0.3 is 0 Å². The molecule has 0 atom stereocenters. The Bertz CT molecular complexity index is 1710. The normalized spacial score (nSPS) is 15.0. The van der Waals surface area contributed by atoms with E-state index < -0.39 is 11.3 Å². The van der Waals surface area contributed by atoms with E-state index in [9.17, 15) is 5.11 Å². The number of hydrogen-bond donors (Lipinski definition) is 2. The van der Waals surface area contributed by atoms with Crippen molar-refractivity contribution in [1.82, 2.24) is 4.98 Å². The van der Waals surface area contributed by atoms with Crippen molar-refractivity contribution in [2.75, 3.05) is 5.32 Å². The molecule has 2 N–H and O–H groups in total. The van der Waals surface area contributed by atoms with E-state index in [1.807, 2.05) is 48.5 Å². The van der Waals surface area contributed by atoms with E-state index in [2.05, 4.69) is 90.2 Å². The van der Waals surface area contributed by atoms with Crippen molar-refractivity contribution in [3.63, 3.8) is 0 Å². The van der Waals surface area contributed by atoms with Crippen LogP contribution in [0.3, 0.4) is 0 Å². The summed E-state index contributed by atoms with van der Waals surface area (Å²) in [6.07, 6.45) is 5.50. The minimum atomic E-state index is -1.12. The second-order valence-electron chi connectivity index (χ2n) is 12.0. The van der Waals surface area contributed by atoms with Crippen molar-refractivity contribution in [2.24, 2.45) is 0 Å². The second-order valence-corrected chi connectivity index (χ2v) is 12.0. The Morgan fingerprint density at radius 1 is 0.689 bits per heavy atom. The highest BCUT2D eigenvalue weighted by atomic mass is 16.6. The molecule has 0 unspecified atom stereocenters.